The molecule has 36 heavy (non-hydrogen) atoms. The number of aryl methyl sites for hydroxylation is 1. The van der Waals surface area contributed by atoms with Crippen molar-refractivity contribution in [2.45, 2.75) is 76.0 Å². The summed E-state index contributed by atoms with van der Waals surface area (Å²) in [6.07, 6.45) is 5.99. The van der Waals surface area contributed by atoms with E-state index < -0.39 is 23.3 Å². The van der Waals surface area contributed by atoms with Crippen LogP contribution in [0, 0.1) is 11.6 Å². The second-order valence-corrected chi connectivity index (χ2v) is 10.8. The molecule has 1 saturated heterocycles. The summed E-state index contributed by atoms with van der Waals surface area (Å²) in [5.41, 5.74) is 3.60. The SMILES string of the molecule is C[C@@H]1CC2=C(Cc3ccccc32)[C@@H](c2c(F)cc(CCCCCCCF)cc2F)N1CC1(F)COC1. The maximum absolute atomic E-state index is 15.7. The summed E-state index contributed by atoms with van der Waals surface area (Å²) in [6.45, 7) is 1.85. The van der Waals surface area contributed by atoms with Gasteiger partial charge in [0.15, 0.2) is 5.67 Å². The van der Waals surface area contributed by atoms with Crippen LogP contribution in [0.25, 0.3) is 5.57 Å². The smallest absolute Gasteiger partial charge is 0.169 e. The van der Waals surface area contributed by atoms with Crippen LogP contribution < -0.4 is 0 Å². The van der Waals surface area contributed by atoms with Gasteiger partial charge in [-0.1, -0.05) is 43.5 Å². The molecule has 1 fully saturated rings. The number of nitrogens with zero attached hydrogens (tertiary/aromatic N) is 1. The molecule has 3 aliphatic rings. The number of ether oxygens (including phenoxy) is 1. The van der Waals surface area contributed by atoms with E-state index in [0.717, 1.165) is 54.4 Å². The topological polar surface area (TPSA) is 12.5 Å². The monoisotopic (exact) mass is 501 g/mol. The molecule has 1 aliphatic carbocycles. The lowest BCUT2D eigenvalue weighted by Gasteiger charge is -2.47. The van der Waals surface area contributed by atoms with Gasteiger partial charge in [0, 0.05) is 18.2 Å². The van der Waals surface area contributed by atoms with Crippen LogP contribution in [0.5, 0.6) is 0 Å². The zero-order valence-electron chi connectivity index (χ0n) is 21.0. The van der Waals surface area contributed by atoms with E-state index in [1.165, 1.54) is 12.1 Å². The number of unbranched alkanes of at least 4 members (excludes halogenated alkanes) is 4. The Kier molecular flexibility index (Phi) is 7.55. The second-order valence-electron chi connectivity index (χ2n) is 10.8. The number of hydrogen-bond acceptors (Lipinski definition) is 2. The molecule has 0 radical (unpaired) electrons. The molecule has 0 N–H and O–H groups in total. The molecule has 2 heterocycles. The standard InChI is InChI=1S/C30H35F4NO/c1-20-13-24-23-11-7-6-10-22(23)16-25(24)29(35(20)17-30(34)18-36-19-30)28-26(32)14-21(15-27(28)33)9-5-3-2-4-8-12-31/h6-7,10-11,14-15,20,29H,2-5,8-9,12-13,16-19H2,1H3/t20-,29+/m1/s1. The van der Waals surface area contributed by atoms with Crippen molar-refractivity contribution in [3.05, 3.63) is 75.9 Å². The first kappa shape index (κ1) is 25.5. The zero-order valence-corrected chi connectivity index (χ0v) is 21.0. The molecule has 2 atom stereocenters. The van der Waals surface area contributed by atoms with Gasteiger partial charge in [0.1, 0.15) is 11.6 Å². The van der Waals surface area contributed by atoms with Gasteiger partial charge < -0.3 is 4.74 Å². The first-order valence-corrected chi connectivity index (χ1v) is 13.3. The molecular weight excluding hydrogens is 466 g/mol. The van der Waals surface area contributed by atoms with Gasteiger partial charge in [0.25, 0.3) is 0 Å². The van der Waals surface area contributed by atoms with Gasteiger partial charge in [-0.15, -0.1) is 0 Å². The van der Waals surface area contributed by atoms with Crippen LogP contribution in [-0.2, 0) is 17.6 Å². The summed E-state index contributed by atoms with van der Waals surface area (Å²) < 4.78 is 64.2. The van der Waals surface area contributed by atoms with E-state index in [1.807, 2.05) is 24.0 Å². The average molecular weight is 502 g/mol. The lowest BCUT2D eigenvalue weighted by Crippen LogP contribution is -2.57. The minimum Gasteiger partial charge on any atom is -0.375 e. The Balaban J connectivity index is 1.45. The maximum Gasteiger partial charge on any atom is 0.169 e. The van der Waals surface area contributed by atoms with E-state index in [2.05, 4.69) is 12.1 Å². The number of fused-ring (bicyclic) bond motifs is 2. The Hall–Kier alpha value is -2.18. The quantitative estimate of drug-likeness (QED) is 0.250. The van der Waals surface area contributed by atoms with E-state index in [9.17, 15) is 4.39 Å². The van der Waals surface area contributed by atoms with Crippen LogP contribution in [0.3, 0.4) is 0 Å². The molecule has 0 saturated carbocycles. The van der Waals surface area contributed by atoms with Crippen LogP contribution in [-0.4, -0.2) is 43.0 Å². The third kappa shape index (κ3) is 4.99. The molecule has 0 aromatic heterocycles. The highest BCUT2D eigenvalue weighted by molar-refractivity contribution is 5.79. The minimum absolute atomic E-state index is 0.0182. The molecule has 2 nitrogen and oxygen atoms in total. The van der Waals surface area contributed by atoms with E-state index >= 15 is 13.2 Å². The van der Waals surface area contributed by atoms with Crippen molar-refractivity contribution >= 4 is 5.57 Å². The summed E-state index contributed by atoms with van der Waals surface area (Å²) >= 11 is 0. The van der Waals surface area contributed by atoms with Crippen molar-refractivity contribution in [2.24, 2.45) is 0 Å². The molecule has 6 heteroatoms. The summed E-state index contributed by atoms with van der Waals surface area (Å²) in [7, 11) is 0. The molecule has 0 unspecified atom stereocenters. The fraction of sp³-hybridized carbons (Fsp3) is 0.533. The third-order valence-corrected chi connectivity index (χ3v) is 8.04. The number of benzene rings is 2. The van der Waals surface area contributed by atoms with Crippen molar-refractivity contribution in [2.75, 3.05) is 26.4 Å². The zero-order chi connectivity index (χ0) is 25.3. The molecule has 0 bridgehead atoms. The number of rotatable bonds is 10. The van der Waals surface area contributed by atoms with Crippen LogP contribution in [0.2, 0.25) is 0 Å². The fourth-order valence-electron chi connectivity index (χ4n) is 6.15. The van der Waals surface area contributed by atoms with Crippen LogP contribution in [0.15, 0.2) is 42.0 Å². The lowest BCUT2D eigenvalue weighted by molar-refractivity contribution is -0.147. The van der Waals surface area contributed by atoms with E-state index in [4.69, 9.17) is 4.74 Å². The van der Waals surface area contributed by atoms with Crippen molar-refractivity contribution in [3.63, 3.8) is 0 Å². The normalized spacial score (nSPS) is 22.9. The van der Waals surface area contributed by atoms with Crippen molar-refractivity contribution in [3.8, 4) is 0 Å². The summed E-state index contributed by atoms with van der Waals surface area (Å²) in [4.78, 5) is 1.96. The van der Waals surface area contributed by atoms with Gasteiger partial charge in [-0.3, -0.25) is 9.29 Å². The van der Waals surface area contributed by atoms with Gasteiger partial charge in [-0.25, -0.2) is 13.2 Å². The van der Waals surface area contributed by atoms with Gasteiger partial charge in [-0.05, 0) is 79.0 Å². The average Bonchev–Trinajstić information content (AvgIpc) is 3.19. The molecule has 194 valence electrons. The second kappa shape index (κ2) is 10.7. The maximum atomic E-state index is 15.7. The van der Waals surface area contributed by atoms with Gasteiger partial charge >= 0.3 is 0 Å². The Morgan fingerprint density at radius 2 is 1.69 bits per heavy atom. The number of alkyl halides is 2. The molecular formula is C30H35F4NO. The Bertz CT molecular complexity index is 1100. The fourth-order valence-corrected chi connectivity index (χ4v) is 6.15. The highest BCUT2D eigenvalue weighted by atomic mass is 19.1. The van der Waals surface area contributed by atoms with Crippen LogP contribution >= 0.6 is 0 Å². The molecule has 0 amide bonds. The van der Waals surface area contributed by atoms with Gasteiger partial charge in [0.05, 0.1) is 25.9 Å². The van der Waals surface area contributed by atoms with Crippen LogP contribution in [0.4, 0.5) is 17.6 Å². The number of halogens is 4. The lowest BCUT2D eigenvalue weighted by atomic mass is 9.83. The summed E-state index contributed by atoms with van der Waals surface area (Å²) in [5.74, 6) is -1.13. The largest absolute Gasteiger partial charge is 0.375 e. The Morgan fingerprint density at radius 3 is 2.39 bits per heavy atom. The molecule has 5 rings (SSSR count). The Morgan fingerprint density at radius 1 is 1.00 bits per heavy atom. The van der Waals surface area contributed by atoms with Crippen LogP contribution in [0.1, 0.15) is 73.7 Å². The van der Waals surface area contributed by atoms with E-state index in [0.29, 0.717) is 24.8 Å². The predicted octanol–water partition coefficient (Wildman–Crippen LogP) is 7.31. The number of hydrogen-bond donors (Lipinski definition) is 0. The van der Waals surface area contributed by atoms with Gasteiger partial charge in [-0.2, -0.15) is 0 Å². The van der Waals surface area contributed by atoms with E-state index in [-0.39, 0.29) is 38.0 Å². The van der Waals surface area contributed by atoms with Gasteiger partial charge in [0.2, 0.25) is 0 Å². The Labute approximate surface area is 211 Å². The van der Waals surface area contributed by atoms with Crippen molar-refractivity contribution in [1.29, 1.82) is 0 Å². The summed E-state index contributed by atoms with van der Waals surface area (Å²) in [5, 5.41) is 0. The first-order chi connectivity index (χ1) is 17.4. The molecule has 2 aromatic rings. The van der Waals surface area contributed by atoms with E-state index in [1.54, 1.807) is 0 Å². The van der Waals surface area contributed by atoms with Crippen molar-refractivity contribution in [1.82, 2.24) is 4.90 Å². The third-order valence-electron chi connectivity index (χ3n) is 8.04. The first-order valence-electron chi connectivity index (χ1n) is 13.3. The molecule has 0 spiro atoms. The minimum atomic E-state index is -1.49. The summed E-state index contributed by atoms with van der Waals surface area (Å²) in [6, 6.07) is 10.3. The highest BCUT2D eigenvalue weighted by Gasteiger charge is 2.47. The van der Waals surface area contributed by atoms with Crippen molar-refractivity contribution < 1.29 is 22.3 Å². The predicted molar refractivity (Wildman–Crippen MR) is 134 cm³/mol. The highest BCUT2D eigenvalue weighted by Crippen LogP contribution is 2.50. The molecule has 2 aromatic carbocycles. The molecule has 2 aliphatic heterocycles.